The lowest BCUT2D eigenvalue weighted by Gasteiger charge is -2.24. The molecule has 1 N–H and O–H groups in total. The molecule has 18 heavy (non-hydrogen) atoms. The van der Waals surface area contributed by atoms with Gasteiger partial charge in [0, 0.05) is 36.4 Å². The van der Waals surface area contributed by atoms with Gasteiger partial charge in [0.2, 0.25) is 0 Å². The van der Waals surface area contributed by atoms with Crippen LogP contribution >= 0.6 is 11.6 Å². The number of nitrogens with zero attached hydrogens (tertiary/aromatic N) is 2. The third-order valence-corrected chi connectivity index (χ3v) is 3.31. The van der Waals surface area contributed by atoms with Crippen LogP contribution in [-0.4, -0.2) is 46.2 Å². The number of benzene rings is 1. The summed E-state index contributed by atoms with van der Waals surface area (Å²) in [5.74, 6) is 0. The number of rotatable bonds is 7. The molecule has 1 aromatic rings. The molecule has 0 atom stereocenters. The van der Waals surface area contributed by atoms with Crippen molar-refractivity contribution in [3.63, 3.8) is 0 Å². The zero-order valence-corrected chi connectivity index (χ0v) is 12.6. The van der Waals surface area contributed by atoms with Gasteiger partial charge >= 0.3 is 0 Å². The van der Waals surface area contributed by atoms with Gasteiger partial charge in [-0.05, 0) is 46.2 Å². The van der Waals surface area contributed by atoms with Crippen LogP contribution in [0.3, 0.4) is 0 Å². The molecule has 0 aromatic heterocycles. The second kappa shape index (κ2) is 7.62. The van der Waals surface area contributed by atoms with Gasteiger partial charge in [-0.1, -0.05) is 17.7 Å². The fourth-order valence-corrected chi connectivity index (χ4v) is 2.24. The van der Waals surface area contributed by atoms with Gasteiger partial charge in [0.15, 0.2) is 0 Å². The van der Waals surface area contributed by atoms with Crippen molar-refractivity contribution in [3.8, 4) is 0 Å². The highest BCUT2D eigenvalue weighted by molar-refractivity contribution is 6.31. The number of halogens is 1. The lowest BCUT2D eigenvalue weighted by molar-refractivity contribution is 0.401. The Labute approximate surface area is 116 Å². The average Bonchev–Trinajstić information content (AvgIpc) is 2.31. The van der Waals surface area contributed by atoms with E-state index in [2.05, 4.69) is 42.3 Å². The molecule has 0 amide bonds. The van der Waals surface area contributed by atoms with Crippen molar-refractivity contribution in [2.45, 2.75) is 13.0 Å². The third-order valence-electron chi connectivity index (χ3n) is 2.96. The van der Waals surface area contributed by atoms with E-state index in [-0.39, 0.29) is 0 Å². The molecule has 1 aromatic carbocycles. The summed E-state index contributed by atoms with van der Waals surface area (Å²) >= 11 is 6.26. The van der Waals surface area contributed by atoms with E-state index in [9.17, 15) is 0 Å². The zero-order chi connectivity index (χ0) is 13.5. The van der Waals surface area contributed by atoms with Crippen molar-refractivity contribution in [1.29, 1.82) is 0 Å². The van der Waals surface area contributed by atoms with E-state index in [4.69, 9.17) is 11.6 Å². The minimum atomic E-state index is 0.799. The monoisotopic (exact) mass is 269 g/mol. The fraction of sp³-hybridized carbons (Fsp3) is 0.571. The van der Waals surface area contributed by atoms with E-state index >= 15 is 0 Å². The molecular weight excluding hydrogens is 246 g/mol. The SMILES string of the molecule is CNCc1c(Cl)cccc1N(C)CCCN(C)C. The molecule has 0 heterocycles. The fourth-order valence-electron chi connectivity index (χ4n) is 2.00. The first kappa shape index (κ1) is 15.3. The quantitative estimate of drug-likeness (QED) is 0.820. The summed E-state index contributed by atoms with van der Waals surface area (Å²) < 4.78 is 0. The summed E-state index contributed by atoms with van der Waals surface area (Å²) in [7, 11) is 8.28. The maximum absolute atomic E-state index is 6.26. The molecule has 0 saturated carbocycles. The standard InChI is InChI=1S/C14H24ClN3/c1-16-11-12-13(15)7-5-8-14(12)18(4)10-6-9-17(2)3/h5,7-8,16H,6,9-11H2,1-4H3. The Bertz CT molecular complexity index is 366. The van der Waals surface area contributed by atoms with E-state index in [1.165, 1.54) is 11.3 Å². The number of hydrogen-bond acceptors (Lipinski definition) is 3. The Balaban J connectivity index is 2.71. The summed E-state index contributed by atoms with van der Waals surface area (Å²) in [6.07, 6.45) is 1.15. The van der Waals surface area contributed by atoms with E-state index < -0.39 is 0 Å². The van der Waals surface area contributed by atoms with E-state index in [0.717, 1.165) is 31.1 Å². The van der Waals surface area contributed by atoms with Gasteiger partial charge in [-0.3, -0.25) is 0 Å². The van der Waals surface area contributed by atoms with Crippen LogP contribution in [0.15, 0.2) is 18.2 Å². The van der Waals surface area contributed by atoms with Gasteiger partial charge < -0.3 is 15.1 Å². The first-order valence-corrected chi connectivity index (χ1v) is 6.72. The number of anilines is 1. The minimum Gasteiger partial charge on any atom is -0.374 e. The van der Waals surface area contributed by atoms with Gasteiger partial charge in [-0.25, -0.2) is 0 Å². The maximum Gasteiger partial charge on any atom is 0.0471 e. The van der Waals surface area contributed by atoms with E-state index in [0.29, 0.717) is 0 Å². The molecule has 102 valence electrons. The van der Waals surface area contributed by atoms with E-state index in [1.54, 1.807) is 0 Å². The van der Waals surface area contributed by atoms with Crippen LogP contribution < -0.4 is 10.2 Å². The average molecular weight is 270 g/mol. The summed E-state index contributed by atoms with van der Waals surface area (Å²) in [4.78, 5) is 4.49. The molecule has 0 bridgehead atoms. The summed E-state index contributed by atoms with van der Waals surface area (Å²) in [6.45, 7) is 2.94. The Kier molecular flexibility index (Phi) is 6.47. The molecular formula is C14H24ClN3. The van der Waals surface area contributed by atoms with Crippen LogP contribution in [0.5, 0.6) is 0 Å². The van der Waals surface area contributed by atoms with E-state index in [1.807, 2.05) is 19.2 Å². The van der Waals surface area contributed by atoms with Crippen molar-refractivity contribution in [3.05, 3.63) is 28.8 Å². The second-order valence-corrected chi connectivity index (χ2v) is 5.25. The molecule has 0 saturated heterocycles. The van der Waals surface area contributed by atoms with Crippen molar-refractivity contribution >= 4 is 17.3 Å². The molecule has 0 aliphatic heterocycles. The number of hydrogen-bond donors (Lipinski definition) is 1. The molecule has 0 aliphatic rings. The summed E-state index contributed by atoms with van der Waals surface area (Å²) in [6, 6.07) is 6.10. The first-order chi connectivity index (χ1) is 8.56. The Hall–Kier alpha value is -0.770. The van der Waals surface area contributed by atoms with Gasteiger partial charge in [-0.2, -0.15) is 0 Å². The normalized spacial score (nSPS) is 11.0. The van der Waals surface area contributed by atoms with Crippen LogP contribution in [0.25, 0.3) is 0 Å². The van der Waals surface area contributed by atoms with Gasteiger partial charge in [0.1, 0.15) is 0 Å². The van der Waals surface area contributed by atoms with Crippen LogP contribution in [0.4, 0.5) is 5.69 Å². The topological polar surface area (TPSA) is 18.5 Å². The van der Waals surface area contributed by atoms with Crippen LogP contribution in [0, 0.1) is 0 Å². The lowest BCUT2D eigenvalue weighted by atomic mass is 10.1. The van der Waals surface area contributed by atoms with Crippen molar-refractivity contribution in [1.82, 2.24) is 10.2 Å². The van der Waals surface area contributed by atoms with Gasteiger partial charge in [-0.15, -0.1) is 0 Å². The van der Waals surface area contributed by atoms with Crippen molar-refractivity contribution < 1.29 is 0 Å². The second-order valence-electron chi connectivity index (χ2n) is 4.85. The smallest absolute Gasteiger partial charge is 0.0471 e. The van der Waals surface area contributed by atoms with Crippen molar-refractivity contribution in [2.75, 3.05) is 46.2 Å². The Morgan fingerprint density at radius 2 is 1.89 bits per heavy atom. The predicted molar refractivity (Wildman–Crippen MR) is 80.7 cm³/mol. The molecule has 0 unspecified atom stereocenters. The highest BCUT2D eigenvalue weighted by Gasteiger charge is 2.10. The maximum atomic E-state index is 6.26. The van der Waals surface area contributed by atoms with Crippen LogP contribution in [0.1, 0.15) is 12.0 Å². The predicted octanol–water partition coefficient (Wildman–Crippen LogP) is 2.45. The van der Waals surface area contributed by atoms with Crippen LogP contribution in [0.2, 0.25) is 5.02 Å². The highest BCUT2D eigenvalue weighted by Crippen LogP contribution is 2.26. The molecule has 0 radical (unpaired) electrons. The van der Waals surface area contributed by atoms with Gasteiger partial charge in [0.25, 0.3) is 0 Å². The molecule has 0 fully saturated rings. The Morgan fingerprint density at radius 1 is 1.17 bits per heavy atom. The zero-order valence-electron chi connectivity index (χ0n) is 11.8. The van der Waals surface area contributed by atoms with Crippen LogP contribution in [-0.2, 0) is 6.54 Å². The Morgan fingerprint density at radius 3 is 2.50 bits per heavy atom. The number of nitrogens with one attached hydrogen (secondary N) is 1. The first-order valence-electron chi connectivity index (χ1n) is 6.34. The molecule has 1 rings (SSSR count). The largest absolute Gasteiger partial charge is 0.374 e. The molecule has 0 aliphatic carbocycles. The summed E-state index contributed by atoms with van der Waals surface area (Å²) in [5.41, 5.74) is 2.39. The minimum absolute atomic E-state index is 0.799. The molecule has 0 spiro atoms. The van der Waals surface area contributed by atoms with Gasteiger partial charge in [0.05, 0.1) is 0 Å². The summed E-state index contributed by atoms with van der Waals surface area (Å²) in [5, 5.41) is 4.01. The molecule has 4 heteroatoms. The third kappa shape index (κ3) is 4.48. The lowest BCUT2D eigenvalue weighted by Crippen LogP contribution is -2.25. The molecule has 3 nitrogen and oxygen atoms in total. The van der Waals surface area contributed by atoms with Crippen molar-refractivity contribution in [2.24, 2.45) is 0 Å². The highest BCUT2D eigenvalue weighted by atomic mass is 35.5.